The number of anilines is 1. The standard InChI is InChI=1S/C15H10ClN3O3S/c1-8-6-9(2-5-12(8)19(21)22)14(20)18-15-17-11-4-3-10(16)7-13(11)23-15/h2-7H,1H3,(H,17,18,20). The average molecular weight is 348 g/mol. The van der Waals surface area contributed by atoms with Gasteiger partial charge in [-0.3, -0.25) is 20.2 Å². The van der Waals surface area contributed by atoms with Crippen LogP contribution in [0.4, 0.5) is 10.8 Å². The third-order valence-corrected chi connectivity index (χ3v) is 4.40. The number of thiazole rings is 1. The van der Waals surface area contributed by atoms with Crippen molar-refractivity contribution in [3.63, 3.8) is 0 Å². The molecule has 0 unspecified atom stereocenters. The molecule has 8 heteroatoms. The first kappa shape index (κ1) is 15.4. The number of benzene rings is 2. The molecule has 0 bridgehead atoms. The molecule has 1 N–H and O–H groups in total. The van der Waals surface area contributed by atoms with Crippen molar-refractivity contribution in [1.82, 2.24) is 4.98 Å². The van der Waals surface area contributed by atoms with E-state index in [0.717, 1.165) is 10.2 Å². The fourth-order valence-electron chi connectivity index (χ4n) is 2.12. The third-order valence-electron chi connectivity index (χ3n) is 3.23. The summed E-state index contributed by atoms with van der Waals surface area (Å²) in [5, 5.41) is 14.6. The van der Waals surface area contributed by atoms with Gasteiger partial charge in [0.1, 0.15) is 0 Å². The number of halogens is 1. The molecule has 0 radical (unpaired) electrons. The van der Waals surface area contributed by atoms with Crippen molar-refractivity contribution < 1.29 is 9.72 Å². The van der Waals surface area contributed by atoms with Crippen LogP contribution in [0.5, 0.6) is 0 Å². The van der Waals surface area contributed by atoms with E-state index in [0.29, 0.717) is 21.3 Å². The summed E-state index contributed by atoms with van der Waals surface area (Å²) in [4.78, 5) is 26.9. The number of fused-ring (bicyclic) bond motifs is 1. The number of nitro benzene ring substituents is 1. The molecule has 116 valence electrons. The van der Waals surface area contributed by atoms with Gasteiger partial charge in [0.05, 0.1) is 15.1 Å². The summed E-state index contributed by atoms with van der Waals surface area (Å²) in [5.41, 5.74) is 1.50. The molecule has 0 aliphatic heterocycles. The molecule has 23 heavy (non-hydrogen) atoms. The molecule has 1 amide bonds. The Morgan fingerprint density at radius 3 is 2.78 bits per heavy atom. The minimum Gasteiger partial charge on any atom is -0.298 e. The van der Waals surface area contributed by atoms with Crippen LogP contribution in [-0.4, -0.2) is 15.8 Å². The number of rotatable bonds is 3. The lowest BCUT2D eigenvalue weighted by atomic mass is 10.1. The Kier molecular flexibility index (Phi) is 3.97. The second-order valence-corrected chi connectivity index (χ2v) is 6.31. The fraction of sp³-hybridized carbons (Fsp3) is 0.0667. The predicted molar refractivity (Wildman–Crippen MR) is 90.4 cm³/mol. The van der Waals surface area contributed by atoms with Gasteiger partial charge in [-0.2, -0.15) is 0 Å². The summed E-state index contributed by atoms with van der Waals surface area (Å²) in [6, 6.07) is 9.51. The molecule has 2 aromatic carbocycles. The minimum atomic E-state index is -0.478. The van der Waals surface area contributed by atoms with Gasteiger partial charge in [0.2, 0.25) is 0 Å². The van der Waals surface area contributed by atoms with Gasteiger partial charge in [0.15, 0.2) is 5.13 Å². The lowest BCUT2D eigenvalue weighted by Gasteiger charge is -2.03. The molecule has 0 spiro atoms. The molecule has 0 saturated heterocycles. The van der Waals surface area contributed by atoms with E-state index < -0.39 is 4.92 Å². The Morgan fingerprint density at radius 2 is 2.09 bits per heavy atom. The van der Waals surface area contributed by atoms with Crippen molar-refractivity contribution in [1.29, 1.82) is 0 Å². The van der Waals surface area contributed by atoms with Crippen LogP contribution < -0.4 is 5.32 Å². The van der Waals surface area contributed by atoms with Crippen LogP contribution >= 0.6 is 22.9 Å². The molecule has 3 rings (SSSR count). The summed E-state index contributed by atoms with van der Waals surface area (Å²) in [5.74, 6) is -0.367. The topological polar surface area (TPSA) is 85.1 Å². The zero-order chi connectivity index (χ0) is 16.6. The highest BCUT2D eigenvalue weighted by atomic mass is 35.5. The number of nitrogens with zero attached hydrogens (tertiary/aromatic N) is 2. The molecule has 0 fully saturated rings. The zero-order valence-corrected chi connectivity index (χ0v) is 13.4. The molecule has 1 heterocycles. The first-order valence-corrected chi connectivity index (χ1v) is 7.76. The van der Waals surface area contributed by atoms with Gasteiger partial charge in [0, 0.05) is 22.2 Å². The quantitative estimate of drug-likeness (QED) is 0.561. The van der Waals surface area contributed by atoms with E-state index in [2.05, 4.69) is 10.3 Å². The predicted octanol–water partition coefficient (Wildman–Crippen LogP) is 4.42. The zero-order valence-electron chi connectivity index (χ0n) is 11.9. The van der Waals surface area contributed by atoms with E-state index in [1.54, 1.807) is 25.1 Å². The highest BCUT2D eigenvalue weighted by Crippen LogP contribution is 2.28. The van der Waals surface area contributed by atoms with Gasteiger partial charge in [0.25, 0.3) is 11.6 Å². The molecule has 6 nitrogen and oxygen atoms in total. The Labute approximate surface area is 139 Å². The number of nitro groups is 1. The number of carbonyl (C=O) groups excluding carboxylic acids is 1. The van der Waals surface area contributed by atoms with Gasteiger partial charge >= 0.3 is 0 Å². The van der Waals surface area contributed by atoms with Gasteiger partial charge in [-0.1, -0.05) is 22.9 Å². The number of carbonyl (C=O) groups is 1. The first-order chi connectivity index (χ1) is 10.9. The largest absolute Gasteiger partial charge is 0.298 e. The van der Waals surface area contributed by atoms with Crippen molar-refractivity contribution in [3.05, 3.63) is 62.7 Å². The van der Waals surface area contributed by atoms with Crippen LogP contribution in [0.25, 0.3) is 10.2 Å². The monoisotopic (exact) mass is 347 g/mol. The van der Waals surface area contributed by atoms with Crippen molar-refractivity contribution >= 4 is 49.9 Å². The summed E-state index contributed by atoms with van der Waals surface area (Å²) < 4.78 is 0.868. The lowest BCUT2D eigenvalue weighted by Crippen LogP contribution is -2.12. The van der Waals surface area contributed by atoms with E-state index in [4.69, 9.17) is 11.6 Å². The third kappa shape index (κ3) is 3.15. The molecule has 1 aromatic heterocycles. The maximum absolute atomic E-state index is 12.3. The molecular formula is C15H10ClN3O3S. The molecule has 3 aromatic rings. The Morgan fingerprint density at radius 1 is 1.30 bits per heavy atom. The summed E-state index contributed by atoms with van der Waals surface area (Å²) in [6.07, 6.45) is 0. The van der Waals surface area contributed by atoms with Crippen molar-refractivity contribution in [2.24, 2.45) is 0 Å². The van der Waals surface area contributed by atoms with Crippen molar-refractivity contribution in [2.45, 2.75) is 6.92 Å². The van der Waals surface area contributed by atoms with Gasteiger partial charge in [-0.15, -0.1) is 0 Å². The van der Waals surface area contributed by atoms with E-state index in [-0.39, 0.29) is 11.6 Å². The maximum Gasteiger partial charge on any atom is 0.272 e. The van der Waals surface area contributed by atoms with Crippen LogP contribution in [-0.2, 0) is 0 Å². The Hall–Kier alpha value is -2.51. The number of nitrogens with one attached hydrogen (secondary N) is 1. The molecule has 0 atom stereocenters. The van der Waals surface area contributed by atoms with Gasteiger partial charge in [-0.25, -0.2) is 4.98 Å². The van der Waals surface area contributed by atoms with Crippen LogP contribution in [0.1, 0.15) is 15.9 Å². The highest BCUT2D eigenvalue weighted by Gasteiger charge is 2.15. The molecule has 0 aliphatic carbocycles. The minimum absolute atomic E-state index is 0.0174. The van der Waals surface area contributed by atoms with E-state index in [1.165, 1.54) is 29.5 Å². The number of aryl methyl sites for hydroxylation is 1. The van der Waals surface area contributed by atoms with Crippen LogP contribution in [0.3, 0.4) is 0 Å². The summed E-state index contributed by atoms with van der Waals surface area (Å²) in [6.45, 7) is 1.59. The van der Waals surface area contributed by atoms with Crippen LogP contribution in [0.2, 0.25) is 5.02 Å². The second kappa shape index (κ2) is 5.94. The number of aromatic nitrogens is 1. The molecule has 0 aliphatic rings. The molecular weight excluding hydrogens is 338 g/mol. The number of hydrogen-bond acceptors (Lipinski definition) is 5. The smallest absolute Gasteiger partial charge is 0.272 e. The maximum atomic E-state index is 12.3. The summed E-state index contributed by atoms with van der Waals surface area (Å²) in [7, 11) is 0. The highest BCUT2D eigenvalue weighted by molar-refractivity contribution is 7.22. The lowest BCUT2D eigenvalue weighted by molar-refractivity contribution is -0.385. The fourth-order valence-corrected chi connectivity index (χ4v) is 3.26. The normalized spacial score (nSPS) is 10.7. The number of hydrogen-bond donors (Lipinski definition) is 1. The van der Waals surface area contributed by atoms with Gasteiger partial charge < -0.3 is 0 Å². The van der Waals surface area contributed by atoms with E-state index in [1.807, 2.05) is 0 Å². The first-order valence-electron chi connectivity index (χ1n) is 6.56. The van der Waals surface area contributed by atoms with E-state index in [9.17, 15) is 14.9 Å². The SMILES string of the molecule is Cc1cc(C(=O)Nc2nc3ccc(Cl)cc3s2)ccc1[N+](=O)[O-]. The second-order valence-electron chi connectivity index (χ2n) is 4.84. The molecule has 0 saturated carbocycles. The Balaban J connectivity index is 1.85. The number of amides is 1. The average Bonchev–Trinajstić information content (AvgIpc) is 2.87. The van der Waals surface area contributed by atoms with Crippen LogP contribution in [0.15, 0.2) is 36.4 Å². The van der Waals surface area contributed by atoms with Crippen molar-refractivity contribution in [3.8, 4) is 0 Å². The summed E-state index contributed by atoms with van der Waals surface area (Å²) >= 11 is 7.23. The Bertz CT molecular complexity index is 939. The van der Waals surface area contributed by atoms with Crippen molar-refractivity contribution in [2.75, 3.05) is 5.32 Å². The van der Waals surface area contributed by atoms with Crippen LogP contribution in [0, 0.1) is 17.0 Å². The van der Waals surface area contributed by atoms with Gasteiger partial charge in [-0.05, 0) is 37.3 Å². The van der Waals surface area contributed by atoms with E-state index >= 15 is 0 Å².